The highest BCUT2D eigenvalue weighted by molar-refractivity contribution is 7.33. The third kappa shape index (κ3) is 7.70. The van der Waals surface area contributed by atoms with Crippen LogP contribution in [0.1, 0.15) is 0 Å². The summed E-state index contributed by atoms with van der Waals surface area (Å²) in [4.78, 5) is 0. The van der Waals surface area contributed by atoms with Crippen LogP contribution >= 0.6 is 8.25 Å². The predicted molar refractivity (Wildman–Crippen MR) is 21.9 cm³/mol. The van der Waals surface area contributed by atoms with Crippen molar-refractivity contribution in [1.29, 1.82) is 0 Å². The Labute approximate surface area is 62.2 Å². The molecular formula is C2F6O3P+. The molecule has 12 heavy (non-hydrogen) atoms. The van der Waals surface area contributed by atoms with Crippen molar-refractivity contribution in [2.75, 3.05) is 0 Å². The van der Waals surface area contributed by atoms with Crippen molar-refractivity contribution in [2.45, 2.75) is 12.7 Å². The van der Waals surface area contributed by atoms with Gasteiger partial charge in [-0.05, 0) is 9.05 Å². The molecule has 3 nitrogen and oxygen atoms in total. The van der Waals surface area contributed by atoms with Gasteiger partial charge in [0.1, 0.15) is 0 Å². The van der Waals surface area contributed by atoms with Crippen LogP contribution in [0.2, 0.25) is 0 Å². The van der Waals surface area contributed by atoms with Crippen molar-refractivity contribution < 1.29 is 40.0 Å². The van der Waals surface area contributed by atoms with E-state index in [1.807, 2.05) is 0 Å². The minimum atomic E-state index is -5.42. The molecule has 10 heteroatoms. The number of hydrogen-bond donors (Lipinski definition) is 0. The van der Waals surface area contributed by atoms with Crippen molar-refractivity contribution in [3.63, 3.8) is 0 Å². The molecule has 0 fully saturated rings. The molecular weight excluding hydrogens is 217 g/mol. The molecule has 0 aliphatic heterocycles. The van der Waals surface area contributed by atoms with Gasteiger partial charge in [0, 0.05) is 4.57 Å². The summed E-state index contributed by atoms with van der Waals surface area (Å²) in [6.07, 6.45) is -10.8. The van der Waals surface area contributed by atoms with Gasteiger partial charge in [-0.2, -0.15) is 0 Å². The molecule has 0 N–H and O–H groups in total. The van der Waals surface area contributed by atoms with Gasteiger partial charge in [0.2, 0.25) is 0 Å². The van der Waals surface area contributed by atoms with E-state index < -0.39 is 21.0 Å². The molecule has 0 aromatic carbocycles. The van der Waals surface area contributed by atoms with Crippen LogP contribution in [-0.2, 0) is 13.6 Å². The molecule has 72 valence electrons. The fourth-order valence-electron chi connectivity index (χ4n) is 0.188. The maximum atomic E-state index is 11.0. The summed E-state index contributed by atoms with van der Waals surface area (Å²) in [5.74, 6) is 0. The first-order valence-electron chi connectivity index (χ1n) is 2.09. The number of alkyl halides is 6. The van der Waals surface area contributed by atoms with Gasteiger partial charge in [0.05, 0.1) is 0 Å². The van der Waals surface area contributed by atoms with Crippen molar-refractivity contribution in [2.24, 2.45) is 0 Å². The molecule has 0 rings (SSSR count). The highest BCUT2D eigenvalue weighted by atomic mass is 31.1. The van der Waals surface area contributed by atoms with Crippen LogP contribution in [0.3, 0.4) is 0 Å². The summed E-state index contributed by atoms with van der Waals surface area (Å²) in [5, 5.41) is 0. The first kappa shape index (κ1) is 11.6. The second kappa shape index (κ2) is 3.55. The Hall–Kier alpha value is -0.400. The second-order valence-corrected chi connectivity index (χ2v) is 2.11. The van der Waals surface area contributed by atoms with Gasteiger partial charge in [-0.25, -0.2) is 0 Å². The smallest absolute Gasteiger partial charge is 0.141 e. The number of hydrogen-bond acceptors (Lipinski definition) is 3. The maximum Gasteiger partial charge on any atom is 0.714 e. The fourth-order valence-corrected chi connectivity index (χ4v) is 0.563. The molecule has 0 unspecified atom stereocenters. The first-order chi connectivity index (χ1) is 5.10. The fraction of sp³-hybridized carbons (Fsp3) is 1.00. The molecule has 0 radical (unpaired) electrons. The van der Waals surface area contributed by atoms with Crippen LogP contribution in [0.15, 0.2) is 0 Å². The van der Waals surface area contributed by atoms with Crippen LogP contribution in [0.4, 0.5) is 26.3 Å². The van der Waals surface area contributed by atoms with E-state index in [1.165, 1.54) is 0 Å². The lowest BCUT2D eigenvalue weighted by atomic mass is 11.4. The molecule has 0 bridgehead atoms. The normalized spacial score (nSPS) is 13.2. The molecule has 0 atom stereocenters. The van der Waals surface area contributed by atoms with E-state index in [-0.39, 0.29) is 0 Å². The van der Waals surface area contributed by atoms with Gasteiger partial charge < -0.3 is 0 Å². The Morgan fingerprint density at radius 2 is 1.08 bits per heavy atom. The molecule has 0 saturated carbocycles. The van der Waals surface area contributed by atoms with Crippen molar-refractivity contribution in [3.05, 3.63) is 0 Å². The minimum Gasteiger partial charge on any atom is -0.141 e. The average Bonchev–Trinajstić information content (AvgIpc) is 1.49. The van der Waals surface area contributed by atoms with Gasteiger partial charge in [0.15, 0.2) is 0 Å². The molecule has 0 aromatic rings. The Morgan fingerprint density at radius 3 is 1.25 bits per heavy atom. The van der Waals surface area contributed by atoms with Crippen LogP contribution in [-0.4, -0.2) is 12.7 Å². The van der Waals surface area contributed by atoms with E-state index in [9.17, 15) is 30.9 Å². The van der Waals surface area contributed by atoms with Crippen LogP contribution < -0.4 is 0 Å². The number of halogens is 6. The maximum absolute atomic E-state index is 11.0. The molecule has 0 saturated heterocycles. The number of rotatable bonds is 2. The summed E-state index contributed by atoms with van der Waals surface area (Å²) in [5.41, 5.74) is 0. The zero-order valence-electron chi connectivity index (χ0n) is 4.94. The second-order valence-electron chi connectivity index (χ2n) is 1.30. The SMILES string of the molecule is O=[P+](OC(F)(F)F)OC(F)(F)F. The highest BCUT2D eigenvalue weighted by Crippen LogP contribution is 2.39. The first-order valence-corrected chi connectivity index (χ1v) is 3.19. The Bertz CT molecular complexity index is 153. The van der Waals surface area contributed by atoms with Crippen LogP contribution in [0, 0.1) is 0 Å². The molecule has 0 aliphatic rings. The lowest BCUT2D eigenvalue weighted by Gasteiger charge is -1.96. The molecule has 0 heterocycles. The van der Waals surface area contributed by atoms with E-state index in [0.717, 1.165) is 0 Å². The quantitative estimate of drug-likeness (QED) is 0.526. The summed E-state index contributed by atoms with van der Waals surface area (Å²) < 4.78 is 80.7. The summed E-state index contributed by atoms with van der Waals surface area (Å²) in [6, 6.07) is 0. The van der Waals surface area contributed by atoms with E-state index in [0.29, 0.717) is 0 Å². The summed E-state index contributed by atoms with van der Waals surface area (Å²) >= 11 is 0. The van der Waals surface area contributed by atoms with Crippen LogP contribution in [0.25, 0.3) is 0 Å². The van der Waals surface area contributed by atoms with E-state index in [2.05, 4.69) is 9.05 Å². The van der Waals surface area contributed by atoms with Gasteiger partial charge in [0.25, 0.3) is 0 Å². The van der Waals surface area contributed by atoms with Gasteiger partial charge in [-0.1, -0.05) is 0 Å². The Balaban J connectivity index is 3.92. The van der Waals surface area contributed by atoms with Crippen molar-refractivity contribution >= 4 is 8.25 Å². The Morgan fingerprint density at radius 1 is 0.833 bits per heavy atom. The van der Waals surface area contributed by atoms with E-state index in [4.69, 9.17) is 0 Å². The average molecular weight is 217 g/mol. The largest absolute Gasteiger partial charge is 0.714 e. The highest BCUT2D eigenvalue weighted by Gasteiger charge is 2.51. The van der Waals surface area contributed by atoms with Crippen molar-refractivity contribution in [3.8, 4) is 0 Å². The lowest BCUT2D eigenvalue weighted by Crippen LogP contribution is -2.13. The zero-order valence-corrected chi connectivity index (χ0v) is 5.83. The topological polar surface area (TPSA) is 35.5 Å². The van der Waals surface area contributed by atoms with Crippen molar-refractivity contribution in [1.82, 2.24) is 0 Å². The molecule has 0 spiro atoms. The Kier molecular flexibility index (Phi) is 3.43. The summed E-state index contributed by atoms with van der Waals surface area (Å²) in [6.45, 7) is 0. The predicted octanol–water partition coefficient (Wildman–Crippen LogP) is 2.72. The third-order valence-corrected chi connectivity index (χ3v) is 1.07. The summed E-state index contributed by atoms with van der Waals surface area (Å²) in [7, 11) is -4.26. The zero-order chi connectivity index (χ0) is 9.99. The van der Waals surface area contributed by atoms with Gasteiger partial charge >= 0.3 is 21.0 Å². The monoisotopic (exact) mass is 217 g/mol. The van der Waals surface area contributed by atoms with Crippen LogP contribution in [0.5, 0.6) is 0 Å². The molecule has 0 amide bonds. The standard InChI is InChI=1S/C2F6O3P/c3-1(4,5)10-12(9)11-2(6,7)8/q+1. The van der Waals surface area contributed by atoms with Gasteiger partial charge in [-0.15, -0.1) is 26.3 Å². The van der Waals surface area contributed by atoms with Gasteiger partial charge in [-0.3, -0.25) is 0 Å². The third-order valence-electron chi connectivity index (χ3n) is 0.356. The minimum absolute atomic E-state index is 2.38. The lowest BCUT2D eigenvalue weighted by molar-refractivity contribution is -0.302. The molecule has 0 aromatic heterocycles. The van der Waals surface area contributed by atoms with E-state index >= 15 is 0 Å². The van der Waals surface area contributed by atoms with E-state index in [1.54, 1.807) is 0 Å². The molecule has 0 aliphatic carbocycles.